The van der Waals surface area contributed by atoms with Crippen molar-refractivity contribution in [3.05, 3.63) is 45.9 Å². The van der Waals surface area contributed by atoms with E-state index in [1.165, 1.54) is 11.3 Å². The summed E-state index contributed by atoms with van der Waals surface area (Å²) in [5.41, 5.74) is 1.07. The zero-order valence-corrected chi connectivity index (χ0v) is 10.7. The van der Waals surface area contributed by atoms with Gasteiger partial charge in [0.1, 0.15) is 17.4 Å². The number of ether oxygens (including phenoxy) is 1. The third-order valence-corrected chi connectivity index (χ3v) is 3.34. The molecule has 0 aliphatic rings. The van der Waals surface area contributed by atoms with Crippen LogP contribution in [0.5, 0.6) is 5.75 Å². The molecule has 0 bridgehead atoms. The highest BCUT2D eigenvalue weighted by molar-refractivity contribution is 7.11. The number of aliphatic carboxylic acids is 1. The maximum Gasteiger partial charge on any atom is 0.308 e. The highest BCUT2D eigenvalue weighted by Gasteiger charge is 2.07. The number of carbonyl (C=O) groups is 1. The van der Waals surface area contributed by atoms with Crippen LogP contribution in [-0.2, 0) is 17.8 Å². The smallest absolute Gasteiger partial charge is 0.308 e. The predicted molar refractivity (Wildman–Crippen MR) is 69.0 cm³/mol. The first-order chi connectivity index (χ1) is 8.65. The van der Waals surface area contributed by atoms with Crippen molar-refractivity contribution >= 4 is 17.3 Å². The zero-order chi connectivity index (χ0) is 13.0. The minimum atomic E-state index is -0.843. The number of aryl methyl sites for hydroxylation is 1. The van der Waals surface area contributed by atoms with E-state index in [2.05, 4.69) is 4.98 Å². The van der Waals surface area contributed by atoms with Crippen LogP contribution in [0.1, 0.15) is 15.4 Å². The van der Waals surface area contributed by atoms with Crippen LogP contribution < -0.4 is 4.74 Å². The average molecular weight is 263 g/mol. The average Bonchev–Trinajstić information content (AvgIpc) is 2.75. The van der Waals surface area contributed by atoms with Gasteiger partial charge in [0.15, 0.2) is 0 Å². The second-order valence-electron chi connectivity index (χ2n) is 3.84. The Morgan fingerprint density at radius 1 is 1.44 bits per heavy atom. The first kappa shape index (κ1) is 12.6. The van der Waals surface area contributed by atoms with Gasteiger partial charge in [0.05, 0.1) is 6.42 Å². The van der Waals surface area contributed by atoms with Crippen molar-refractivity contribution in [1.29, 1.82) is 0 Å². The highest BCUT2D eigenvalue weighted by atomic mass is 32.1. The van der Waals surface area contributed by atoms with Crippen molar-refractivity contribution in [1.82, 2.24) is 4.98 Å². The van der Waals surface area contributed by atoms with Gasteiger partial charge >= 0.3 is 5.97 Å². The van der Waals surface area contributed by atoms with Gasteiger partial charge < -0.3 is 9.84 Å². The molecule has 1 aromatic carbocycles. The summed E-state index contributed by atoms with van der Waals surface area (Å²) in [4.78, 5) is 15.4. The maximum atomic E-state index is 10.5. The van der Waals surface area contributed by atoms with Crippen molar-refractivity contribution in [3.8, 4) is 5.75 Å². The molecule has 0 atom stereocenters. The Bertz CT molecular complexity index is 551. The highest BCUT2D eigenvalue weighted by Crippen LogP contribution is 2.20. The third-order valence-electron chi connectivity index (χ3n) is 2.37. The minimum absolute atomic E-state index is 0.0159. The molecule has 0 fully saturated rings. The monoisotopic (exact) mass is 263 g/mol. The summed E-state index contributed by atoms with van der Waals surface area (Å²) in [6.07, 6.45) is 1.61. The van der Waals surface area contributed by atoms with Gasteiger partial charge in [0.2, 0.25) is 0 Å². The lowest BCUT2D eigenvalue weighted by Crippen LogP contribution is -1.97. The summed E-state index contributed by atoms with van der Waals surface area (Å²) in [5, 5.41) is 9.45. The lowest BCUT2D eigenvalue weighted by atomic mass is 10.2. The van der Waals surface area contributed by atoms with Gasteiger partial charge in [0.25, 0.3) is 0 Å². The second-order valence-corrected chi connectivity index (χ2v) is 5.04. The summed E-state index contributed by atoms with van der Waals surface area (Å²) in [6, 6.07) is 7.75. The van der Waals surface area contributed by atoms with Crippen LogP contribution in [0.3, 0.4) is 0 Å². The summed E-state index contributed by atoms with van der Waals surface area (Å²) in [5.74, 6) is -0.0162. The van der Waals surface area contributed by atoms with Crippen molar-refractivity contribution in [2.24, 2.45) is 0 Å². The van der Waals surface area contributed by atoms with Crippen LogP contribution in [0.4, 0.5) is 0 Å². The molecule has 1 N–H and O–H groups in total. The van der Waals surface area contributed by atoms with E-state index >= 15 is 0 Å². The number of carboxylic acid groups (broad SMARTS) is 1. The molecule has 4 nitrogen and oxygen atoms in total. The number of nitrogens with zero attached hydrogens (tertiary/aromatic N) is 1. The van der Waals surface area contributed by atoms with Crippen molar-refractivity contribution in [3.63, 3.8) is 0 Å². The number of thiazole rings is 1. The van der Waals surface area contributed by atoms with Gasteiger partial charge in [-0.15, -0.1) is 11.3 Å². The quantitative estimate of drug-likeness (QED) is 0.901. The van der Waals surface area contributed by atoms with Gasteiger partial charge in [-0.2, -0.15) is 0 Å². The number of hydrogen-bond donors (Lipinski definition) is 1. The molecule has 1 aromatic heterocycles. The van der Waals surface area contributed by atoms with E-state index in [-0.39, 0.29) is 6.42 Å². The normalized spacial score (nSPS) is 10.3. The van der Waals surface area contributed by atoms with Crippen molar-refractivity contribution in [2.75, 3.05) is 0 Å². The van der Waals surface area contributed by atoms with Crippen LogP contribution in [0, 0.1) is 6.92 Å². The number of hydrogen-bond acceptors (Lipinski definition) is 4. The standard InChI is InChI=1S/C13H13NO3S/c1-9-4-2-3-5-11(9)17-8-12-14-7-10(18-12)6-13(15)16/h2-5,7H,6,8H2,1H3,(H,15,16). The number of carboxylic acids is 1. The van der Waals surface area contributed by atoms with Gasteiger partial charge in [-0.25, -0.2) is 4.98 Å². The van der Waals surface area contributed by atoms with Gasteiger partial charge in [-0.1, -0.05) is 18.2 Å². The molecule has 0 amide bonds. The molecular weight excluding hydrogens is 250 g/mol. The van der Waals surface area contributed by atoms with E-state index < -0.39 is 5.97 Å². The first-order valence-corrected chi connectivity index (χ1v) is 6.30. The van der Waals surface area contributed by atoms with Crippen LogP contribution in [0.2, 0.25) is 0 Å². The van der Waals surface area contributed by atoms with Crippen molar-refractivity contribution in [2.45, 2.75) is 20.0 Å². The summed E-state index contributed by atoms with van der Waals surface area (Å²) in [7, 11) is 0. The molecular formula is C13H13NO3S. The summed E-state index contributed by atoms with van der Waals surface area (Å²) >= 11 is 1.37. The van der Waals surface area contributed by atoms with E-state index in [1.54, 1.807) is 6.20 Å². The Morgan fingerprint density at radius 2 is 2.22 bits per heavy atom. The predicted octanol–water partition coefficient (Wildman–Crippen LogP) is 2.66. The number of rotatable bonds is 5. The molecule has 0 saturated carbocycles. The Hall–Kier alpha value is -1.88. The van der Waals surface area contributed by atoms with Gasteiger partial charge in [-0.3, -0.25) is 4.79 Å². The number of aromatic nitrogens is 1. The maximum absolute atomic E-state index is 10.5. The SMILES string of the molecule is Cc1ccccc1OCc1ncc(CC(=O)O)s1. The Kier molecular flexibility index (Phi) is 3.94. The van der Waals surface area contributed by atoms with E-state index in [9.17, 15) is 4.79 Å². The van der Waals surface area contributed by atoms with Crippen LogP contribution in [-0.4, -0.2) is 16.1 Å². The van der Waals surface area contributed by atoms with E-state index in [0.717, 1.165) is 21.2 Å². The molecule has 0 unspecified atom stereocenters. The summed E-state index contributed by atoms with van der Waals surface area (Å²) in [6.45, 7) is 2.35. The molecule has 0 spiro atoms. The van der Waals surface area contributed by atoms with E-state index in [1.807, 2.05) is 31.2 Å². The molecule has 0 aliphatic carbocycles. The molecule has 2 rings (SSSR count). The number of para-hydroxylation sites is 1. The fraction of sp³-hybridized carbons (Fsp3) is 0.231. The molecule has 0 aliphatic heterocycles. The molecule has 94 valence electrons. The Morgan fingerprint density at radius 3 is 2.94 bits per heavy atom. The zero-order valence-electron chi connectivity index (χ0n) is 9.92. The van der Waals surface area contributed by atoms with E-state index in [0.29, 0.717) is 6.61 Å². The third kappa shape index (κ3) is 3.30. The molecule has 0 radical (unpaired) electrons. The molecule has 5 heteroatoms. The fourth-order valence-corrected chi connectivity index (χ4v) is 2.33. The minimum Gasteiger partial charge on any atom is -0.486 e. The number of benzene rings is 1. The van der Waals surface area contributed by atoms with Crippen LogP contribution in [0.15, 0.2) is 30.5 Å². The molecule has 1 heterocycles. The second kappa shape index (κ2) is 5.64. The first-order valence-electron chi connectivity index (χ1n) is 5.49. The topological polar surface area (TPSA) is 59.4 Å². The van der Waals surface area contributed by atoms with Crippen LogP contribution in [0.25, 0.3) is 0 Å². The van der Waals surface area contributed by atoms with Crippen molar-refractivity contribution < 1.29 is 14.6 Å². The lowest BCUT2D eigenvalue weighted by Gasteiger charge is -2.06. The van der Waals surface area contributed by atoms with Gasteiger partial charge in [-0.05, 0) is 18.6 Å². The lowest BCUT2D eigenvalue weighted by molar-refractivity contribution is -0.136. The Labute approximate surface area is 109 Å². The molecule has 0 saturated heterocycles. The fourth-order valence-electron chi connectivity index (χ4n) is 1.50. The summed E-state index contributed by atoms with van der Waals surface area (Å²) < 4.78 is 5.64. The molecule has 18 heavy (non-hydrogen) atoms. The van der Waals surface area contributed by atoms with Gasteiger partial charge in [0, 0.05) is 11.1 Å². The largest absolute Gasteiger partial charge is 0.486 e. The molecule has 2 aromatic rings. The Balaban J connectivity index is 1.96. The van der Waals surface area contributed by atoms with Crippen LogP contribution >= 0.6 is 11.3 Å². The van der Waals surface area contributed by atoms with E-state index in [4.69, 9.17) is 9.84 Å².